The van der Waals surface area contributed by atoms with Gasteiger partial charge in [0, 0.05) is 5.56 Å². The lowest BCUT2D eigenvalue weighted by Gasteiger charge is -2.01. The number of nitrogens with one attached hydrogen (secondary N) is 1. The normalized spacial score (nSPS) is 10.7. The number of fused-ring (bicyclic) bond motifs is 1. The van der Waals surface area contributed by atoms with Crippen molar-refractivity contribution in [3.05, 3.63) is 48.0 Å². The van der Waals surface area contributed by atoms with Crippen LogP contribution in [-0.2, 0) is 0 Å². The molecule has 0 spiro atoms. The number of carboxylic acids is 1. The summed E-state index contributed by atoms with van der Waals surface area (Å²) in [4.78, 5) is 18.3. The van der Waals surface area contributed by atoms with Crippen molar-refractivity contribution in [3.63, 3.8) is 0 Å². The zero-order chi connectivity index (χ0) is 13.4. The molecule has 3 rings (SSSR count). The zero-order valence-electron chi connectivity index (χ0n) is 9.79. The molecule has 3 aromatic rings. The van der Waals surface area contributed by atoms with Crippen molar-refractivity contribution in [2.24, 2.45) is 0 Å². The summed E-state index contributed by atoms with van der Waals surface area (Å²) in [6.07, 6.45) is 0. The maximum atomic E-state index is 10.8. The Morgan fingerprint density at radius 1 is 1.16 bits per heavy atom. The molecule has 2 aromatic carbocycles. The number of phenols is 1. The van der Waals surface area contributed by atoms with Gasteiger partial charge in [-0.2, -0.15) is 0 Å². The van der Waals surface area contributed by atoms with E-state index in [-0.39, 0.29) is 11.3 Å². The lowest BCUT2D eigenvalue weighted by Crippen LogP contribution is -1.96. The van der Waals surface area contributed by atoms with Crippen LogP contribution in [0.25, 0.3) is 22.4 Å². The van der Waals surface area contributed by atoms with E-state index >= 15 is 0 Å². The van der Waals surface area contributed by atoms with E-state index in [2.05, 4.69) is 9.97 Å². The van der Waals surface area contributed by atoms with Crippen molar-refractivity contribution < 1.29 is 15.0 Å². The fraction of sp³-hybridized carbons (Fsp3) is 0. The number of aromatic hydroxyl groups is 1. The third-order valence-corrected chi connectivity index (χ3v) is 2.89. The highest BCUT2D eigenvalue weighted by Crippen LogP contribution is 2.26. The molecule has 0 fully saturated rings. The molecule has 0 unspecified atom stereocenters. The number of aromatic nitrogens is 2. The second-order valence-corrected chi connectivity index (χ2v) is 4.14. The predicted octanol–water partition coefficient (Wildman–Crippen LogP) is 2.63. The molecule has 94 valence electrons. The number of rotatable bonds is 2. The summed E-state index contributed by atoms with van der Waals surface area (Å²) in [7, 11) is 0. The van der Waals surface area contributed by atoms with E-state index in [1.54, 1.807) is 6.07 Å². The van der Waals surface area contributed by atoms with Crippen molar-refractivity contribution in [3.8, 4) is 17.1 Å². The van der Waals surface area contributed by atoms with Crippen molar-refractivity contribution in [1.29, 1.82) is 0 Å². The van der Waals surface area contributed by atoms with Crippen LogP contribution in [0.1, 0.15) is 10.4 Å². The van der Waals surface area contributed by atoms with Crippen LogP contribution in [-0.4, -0.2) is 26.2 Å². The number of hydrogen-bond acceptors (Lipinski definition) is 3. The molecular formula is C14H10N2O3. The summed E-state index contributed by atoms with van der Waals surface area (Å²) >= 11 is 0. The third kappa shape index (κ3) is 1.91. The number of hydrogen-bond donors (Lipinski definition) is 3. The molecule has 0 saturated heterocycles. The van der Waals surface area contributed by atoms with E-state index in [4.69, 9.17) is 5.11 Å². The Hall–Kier alpha value is -2.82. The summed E-state index contributed by atoms with van der Waals surface area (Å²) in [5.74, 6) is -0.840. The molecule has 0 aliphatic rings. The minimum atomic E-state index is -1.16. The molecule has 1 heterocycles. The molecule has 0 bridgehead atoms. The van der Waals surface area contributed by atoms with Gasteiger partial charge in [0.05, 0.1) is 11.0 Å². The third-order valence-electron chi connectivity index (χ3n) is 2.89. The number of aromatic carboxylic acids is 1. The average Bonchev–Trinajstić information content (AvgIpc) is 2.81. The largest absolute Gasteiger partial charge is 0.507 e. The number of para-hydroxylation sites is 2. The summed E-state index contributed by atoms with van der Waals surface area (Å²) in [5.41, 5.74) is 2.22. The quantitative estimate of drug-likeness (QED) is 0.656. The summed E-state index contributed by atoms with van der Waals surface area (Å²) < 4.78 is 0. The Balaban J connectivity index is 2.11. The van der Waals surface area contributed by atoms with Crippen LogP contribution in [0.2, 0.25) is 0 Å². The second-order valence-electron chi connectivity index (χ2n) is 4.14. The lowest BCUT2D eigenvalue weighted by atomic mass is 10.1. The highest BCUT2D eigenvalue weighted by molar-refractivity contribution is 5.91. The van der Waals surface area contributed by atoms with E-state index in [1.807, 2.05) is 24.3 Å². The molecule has 5 heteroatoms. The van der Waals surface area contributed by atoms with Crippen LogP contribution < -0.4 is 0 Å². The van der Waals surface area contributed by atoms with Crippen LogP contribution in [0, 0.1) is 0 Å². The molecule has 0 aliphatic carbocycles. The van der Waals surface area contributed by atoms with Gasteiger partial charge in [0.1, 0.15) is 17.1 Å². The van der Waals surface area contributed by atoms with Crippen molar-refractivity contribution in [2.75, 3.05) is 0 Å². The number of carbonyl (C=O) groups is 1. The highest BCUT2D eigenvalue weighted by Gasteiger charge is 2.12. The molecule has 19 heavy (non-hydrogen) atoms. The summed E-state index contributed by atoms with van der Waals surface area (Å²) in [5, 5.41) is 18.5. The van der Waals surface area contributed by atoms with E-state index in [9.17, 15) is 9.90 Å². The van der Waals surface area contributed by atoms with Gasteiger partial charge >= 0.3 is 5.97 Å². The van der Waals surface area contributed by atoms with Gasteiger partial charge in [-0.3, -0.25) is 0 Å². The van der Waals surface area contributed by atoms with Gasteiger partial charge in [-0.25, -0.2) is 9.78 Å². The van der Waals surface area contributed by atoms with Crippen LogP contribution in [0.5, 0.6) is 5.75 Å². The van der Waals surface area contributed by atoms with E-state index in [0.717, 1.165) is 11.0 Å². The van der Waals surface area contributed by atoms with Gasteiger partial charge in [-0.15, -0.1) is 0 Å². The number of imidazole rings is 1. The van der Waals surface area contributed by atoms with Gasteiger partial charge in [-0.05, 0) is 24.3 Å². The molecule has 0 radical (unpaired) electrons. The minimum Gasteiger partial charge on any atom is -0.507 e. The molecule has 0 aliphatic heterocycles. The van der Waals surface area contributed by atoms with Gasteiger partial charge in [-0.1, -0.05) is 18.2 Å². The minimum absolute atomic E-state index is 0.125. The zero-order valence-corrected chi connectivity index (χ0v) is 9.79. The first-order chi connectivity index (χ1) is 9.15. The number of carboxylic acid groups (broad SMARTS) is 1. The molecule has 1 aromatic heterocycles. The molecule has 0 saturated carbocycles. The maximum Gasteiger partial charge on any atom is 0.339 e. The van der Waals surface area contributed by atoms with Crippen molar-refractivity contribution in [2.45, 2.75) is 0 Å². The van der Waals surface area contributed by atoms with Crippen molar-refractivity contribution in [1.82, 2.24) is 9.97 Å². The van der Waals surface area contributed by atoms with Gasteiger partial charge < -0.3 is 15.2 Å². The monoisotopic (exact) mass is 254 g/mol. The Morgan fingerprint density at radius 3 is 2.63 bits per heavy atom. The van der Waals surface area contributed by atoms with Crippen LogP contribution in [0.4, 0.5) is 0 Å². The SMILES string of the molecule is O=C(O)c1ccc(-c2nc3ccccc3[nH]2)cc1O. The van der Waals surface area contributed by atoms with Crippen LogP contribution in [0.15, 0.2) is 42.5 Å². The molecule has 0 atom stereocenters. The smallest absolute Gasteiger partial charge is 0.339 e. The topological polar surface area (TPSA) is 86.2 Å². The summed E-state index contributed by atoms with van der Waals surface area (Å²) in [6, 6.07) is 11.9. The standard InChI is InChI=1S/C14H10N2O3/c17-12-7-8(5-6-9(12)14(18)19)13-15-10-3-1-2-4-11(10)16-13/h1-7,17H,(H,15,16)(H,18,19). The molecule has 3 N–H and O–H groups in total. The number of benzene rings is 2. The first-order valence-corrected chi connectivity index (χ1v) is 5.66. The van der Waals surface area contributed by atoms with Crippen LogP contribution >= 0.6 is 0 Å². The highest BCUT2D eigenvalue weighted by atomic mass is 16.4. The fourth-order valence-electron chi connectivity index (χ4n) is 1.95. The van der Waals surface area contributed by atoms with Gasteiger partial charge in [0.15, 0.2) is 0 Å². The number of aromatic amines is 1. The first kappa shape index (κ1) is 11.3. The van der Waals surface area contributed by atoms with Gasteiger partial charge in [0.2, 0.25) is 0 Å². The molecule has 0 amide bonds. The van der Waals surface area contributed by atoms with E-state index in [1.165, 1.54) is 12.1 Å². The number of nitrogens with zero attached hydrogens (tertiary/aromatic N) is 1. The summed E-state index contributed by atoms with van der Waals surface area (Å²) in [6.45, 7) is 0. The Morgan fingerprint density at radius 2 is 1.95 bits per heavy atom. The average molecular weight is 254 g/mol. The molecular weight excluding hydrogens is 244 g/mol. The van der Waals surface area contributed by atoms with Crippen molar-refractivity contribution >= 4 is 17.0 Å². The van der Waals surface area contributed by atoms with E-state index in [0.29, 0.717) is 11.4 Å². The second kappa shape index (κ2) is 4.13. The Labute approximate surface area is 108 Å². The fourth-order valence-corrected chi connectivity index (χ4v) is 1.95. The predicted molar refractivity (Wildman–Crippen MR) is 70.2 cm³/mol. The Bertz CT molecular complexity index is 744. The van der Waals surface area contributed by atoms with Gasteiger partial charge in [0.25, 0.3) is 0 Å². The number of H-pyrrole nitrogens is 1. The lowest BCUT2D eigenvalue weighted by molar-refractivity contribution is 0.0694. The maximum absolute atomic E-state index is 10.8. The Kier molecular flexibility index (Phi) is 2.45. The first-order valence-electron chi connectivity index (χ1n) is 5.66. The molecule has 5 nitrogen and oxygen atoms in total. The van der Waals surface area contributed by atoms with E-state index < -0.39 is 5.97 Å². The van der Waals surface area contributed by atoms with Crippen LogP contribution in [0.3, 0.4) is 0 Å².